The summed E-state index contributed by atoms with van der Waals surface area (Å²) in [4.78, 5) is 31.7. The van der Waals surface area contributed by atoms with Crippen LogP contribution in [0.3, 0.4) is 0 Å². The second-order valence-electron chi connectivity index (χ2n) is 5.09. The summed E-state index contributed by atoms with van der Waals surface area (Å²) < 4.78 is 0. The molecule has 0 aliphatic rings. The van der Waals surface area contributed by atoms with E-state index >= 15 is 0 Å². The molecule has 1 aromatic heterocycles. The highest BCUT2D eigenvalue weighted by molar-refractivity contribution is 6.05. The molecule has 21 heavy (non-hydrogen) atoms. The molecule has 0 saturated heterocycles. The number of hydrogen-bond donors (Lipinski definition) is 1. The van der Waals surface area contributed by atoms with Crippen molar-refractivity contribution in [3.63, 3.8) is 0 Å². The Hall–Kier alpha value is -2.56. The number of aromatic nitrogens is 2. The lowest BCUT2D eigenvalue weighted by molar-refractivity contribution is 0.0684. The Kier molecular flexibility index (Phi) is 4.12. The minimum atomic E-state index is -1.23. The zero-order chi connectivity index (χ0) is 15.6. The third-order valence-electron chi connectivity index (χ3n) is 3.17. The lowest BCUT2D eigenvalue weighted by atomic mass is 10.0. The molecule has 0 spiro atoms. The molecule has 1 aromatic carbocycles. The first kappa shape index (κ1) is 14.8. The topological polar surface area (TPSA) is 80.2 Å². The number of Topliss-reactive ketones (excluding diaryl/α,β-unsaturated/α-hetero) is 1. The molecule has 0 amide bonds. The van der Waals surface area contributed by atoms with Crippen molar-refractivity contribution in [3.05, 3.63) is 47.3 Å². The van der Waals surface area contributed by atoms with Gasteiger partial charge in [0.1, 0.15) is 0 Å². The number of aryl methyl sites for hydroxylation is 1. The largest absolute Gasteiger partial charge is 0.476 e. The summed E-state index contributed by atoms with van der Waals surface area (Å²) in [5, 5.41) is 9.29. The van der Waals surface area contributed by atoms with E-state index in [0.29, 0.717) is 5.82 Å². The van der Waals surface area contributed by atoms with Gasteiger partial charge in [0.15, 0.2) is 17.3 Å². The van der Waals surface area contributed by atoms with Crippen LogP contribution >= 0.6 is 0 Å². The van der Waals surface area contributed by atoms with Gasteiger partial charge in [-0.25, -0.2) is 14.8 Å². The number of benzene rings is 1. The van der Waals surface area contributed by atoms with Crippen LogP contribution in [0.4, 0.5) is 0 Å². The maximum absolute atomic E-state index is 12.0. The Labute approximate surface area is 122 Å². The second kappa shape index (κ2) is 5.83. The Balaban J connectivity index is 2.59. The van der Waals surface area contributed by atoms with Gasteiger partial charge in [-0.05, 0) is 12.5 Å². The van der Waals surface area contributed by atoms with Gasteiger partial charge in [0, 0.05) is 17.7 Å². The van der Waals surface area contributed by atoms with Gasteiger partial charge in [0.2, 0.25) is 0 Å². The molecule has 5 nitrogen and oxygen atoms in total. The Morgan fingerprint density at radius 2 is 1.86 bits per heavy atom. The predicted octanol–water partition coefficient (Wildman–Crippen LogP) is 2.99. The third kappa shape index (κ3) is 2.97. The van der Waals surface area contributed by atoms with Crippen molar-refractivity contribution in [2.45, 2.75) is 20.8 Å². The standard InChI is InChI=1S/C16H16N2O3/c1-9(2)14(19)12-8-17-15(18-13(12)16(20)21)11-7-5-4-6-10(11)3/h4-9H,1-3H3,(H,20,21). The van der Waals surface area contributed by atoms with E-state index in [1.165, 1.54) is 6.20 Å². The molecule has 0 aliphatic carbocycles. The maximum Gasteiger partial charge on any atom is 0.355 e. The Morgan fingerprint density at radius 3 is 2.43 bits per heavy atom. The van der Waals surface area contributed by atoms with E-state index in [1.54, 1.807) is 13.8 Å². The fraction of sp³-hybridized carbons (Fsp3) is 0.250. The number of carboxylic acid groups (broad SMARTS) is 1. The Morgan fingerprint density at radius 1 is 1.19 bits per heavy atom. The van der Waals surface area contributed by atoms with Gasteiger partial charge >= 0.3 is 5.97 Å². The molecular weight excluding hydrogens is 268 g/mol. The number of hydrogen-bond acceptors (Lipinski definition) is 4. The van der Waals surface area contributed by atoms with Crippen LogP contribution in [0.2, 0.25) is 0 Å². The Bertz CT molecular complexity index is 708. The van der Waals surface area contributed by atoms with E-state index in [9.17, 15) is 14.7 Å². The van der Waals surface area contributed by atoms with Crippen molar-refractivity contribution < 1.29 is 14.7 Å². The van der Waals surface area contributed by atoms with Gasteiger partial charge < -0.3 is 5.11 Å². The maximum atomic E-state index is 12.0. The number of aromatic carboxylic acids is 1. The molecule has 5 heteroatoms. The van der Waals surface area contributed by atoms with E-state index in [1.807, 2.05) is 31.2 Å². The van der Waals surface area contributed by atoms with Crippen LogP contribution in [0.1, 0.15) is 40.3 Å². The average molecular weight is 284 g/mol. The quantitative estimate of drug-likeness (QED) is 0.873. The highest BCUT2D eigenvalue weighted by Crippen LogP contribution is 2.21. The van der Waals surface area contributed by atoms with E-state index in [2.05, 4.69) is 9.97 Å². The van der Waals surface area contributed by atoms with Gasteiger partial charge in [-0.3, -0.25) is 4.79 Å². The van der Waals surface area contributed by atoms with Gasteiger partial charge in [-0.2, -0.15) is 0 Å². The van der Waals surface area contributed by atoms with Crippen molar-refractivity contribution >= 4 is 11.8 Å². The highest BCUT2D eigenvalue weighted by Gasteiger charge is 2.22. The van der Waals surface area contributed by atoms with Gasteiger partial charge in [-0.1, -0.05) is 38.1 Å². The molecule has 0 saturated carbocycles. The SMILES string of the molecule is Cc1ccccc1-c1ncc(C(=O)C(C)C)c(C(=O)O)n1. The molecule has 0 aliphatic heterocycles. The lowest BCUT2D eigenvalue weighted by Gasteiger charge is -2.09. The van der Waals surface area contributed by atoms with Crippen molar-refractivity contribution in [2.24, 2.45) is 5.92 Å². The summed E-state index contributed by atoms with van der Waals surface area (Å²) in [6, 6.07) is 7.43. The van der Waals surface area contributed by atoms with Crippen molar-refractivity contribution in [3.8, 4) is 11.4 Å². The molecule has 0 bridgehead atoms. The average Bonchev–Trinajstić information content (AvgIpc) is 2.46. The molecule has 1 N–H and O–H groups in total. The van der Waals surface area contributed by atoms with Crippen molar-refractivity contribution in [2.75, 3.05) is 0 Å². The van der Waals surface area contributed by atoms with Crippen LogP contribution in [-0.2, 0) is 0 Å². The monoisotopic (exact) mass is 284 g/mol. The zero-order valence-corrected chi connectivity index (χ0v) is 12.1. The summed E-state index contributed by atoms with van der Waals surface area (Å²) >= 11 is 0. The molecule has 0 atom stereocenters. The molecule has 0 fully saturated rings. The van der Waals surface area contributed by atoms with Gasteiger partial charge in [0.25, 0.3) is 0 Å². The number of ketones is 1. The number of nitrogens with zero attached hydrogens (tertiary/aromatic N) is 2. The van der Waals surface area contributed by atoms with E-state index in [-0.39, 0.29) is 23.0 Å². The number of rotatable bonds is 4. The first-order valence-corrected chi connectivity index (χ1v) is 6.62. The summed E-state index contributed by atoms with van der Waals surface area (Å²) in [5.41, 5.74) is 1.50. The third-order valence-corrected chi connectivity index (χ3v) is 3.17. The highest BCUT2D eigenvalue weighted by atomic mass is 16.4. The van der Waals surface area contributed by atoms with Crippen molar-refractivity contribution in [1.29, 1.82) is 0 Å². The first-order chi connectivity index (χ1) is 9.91. The minimum absolute atomic E-state index is 0.0508. The summed E-state index contributed by atoms with van der Waals surface area (Å²) in [6.45, 7) is 5.32. The second-order valence-corrected chi connectivity index (χ2v) is 5.09. The van der Waals surface area contributed by atoms with Crippen LogP contribution in [-0.4, -0.2) is 26.8 Å². The molecule has 108 valence electrons. The summed E-state index contributed by atoms with van der Waals surface area (Å²) in [7, 11) is 0. The summed E-state index contributed by atoms with van der Waals surface area (Å²) in [5.74, 6) is -1.50. The number of carbonyl (C=O) groups is 2. The molecule has 0 unspecified atom stereocenters. The molecule has 1 heterocycles. The normalized spacial score (nSPS) is 10.7. The molecule has 2 aromatic rings. The van der Waals surface area contributed by atoms with Crippen LogP contribution in [0.5, 0.6) is 0 Å². The lowest BCUT2D eigenvalue weighted by Crippen LogP contribution is -2.16. The fourth-order valence-corrected chi connectivity index (χ4v) is 1.99. The molecule has 0 radical (unpaired) electrons. The number of carboxylic acids is 1. The first-order valence-electron chi connectivity index (χ1n) is 6.62. The molecular formula is C16H16N2O3. The predicted molar refractivity (Wildman–Crippen MR) is 78.3 cm³/mol. The van der Waals surface area contributed by atoms with E-state index in [0.717, 1.165) is 11.1 Å². The fourth-order valence-electron chi connectivity index (χ4n) is 1.99. The zero-order valence-electron chi connectivity index (χ0n) is 12.1. The van der Waals surface area contributed by atoms with Crippen LogP contribution in [0, 0.1) is 12.8 Å². The van der Waals surface area contributed by atoms with Gasteiger partial charge in [0.05, 0.1) is 5.56 Å². The van der Waals surface area contributed by atoms with E-state index < -0.39 is 5.97 Å². The van der Waals surface area contributed by atoms with E-state index in [4.69, 9.17) is 0 Å². The van der Waals surface area contributed by atoms with Crippen molar-refractivity contribution in [1.82, 2.24) is 9.97 Å². The number of carbonyl (C=O) groups excluding carboxylic acids is 1. The van der Waals surface area contributed by atoms with Crippen LogP contribution < -0.4 is 0 Å². The van der Waals surface area contributed by atoms with Crippen LogP contribution in [0.15, 0.2) is 30.5 Å². The molecule has 2 rings (SSSR count). The smallest absolute Gasteiger partial charge is 0.355 e. The summed E-state index contributed by atoms with van der Waals surface area (Å²) in [6.07, 6.45) is 1.31. The minimum Gasteiger partial charge on any atom is -0.476 e. The van der Waals surface area contributed by atoms with Gasteiger partial charge in [-0.15, -0.1) is 0 Å². The van der Waals surface area contributed by atoms with Crippen LogP contribution in [0.25, 0.3) is 11.4 Å².